The Balaban J connectivity index is 3.87. The molecule has 0 heterocycles. The lowest BCUT2D eigenvalue weighted by Crippen LogP contribution is -2.36. The van der Waals surface area contributed by atoms with E-state index in [1.54, 1.807) is 0 Å². The van der Waals surface area contributed by atoms with E-state index in [0.717, 1.165) is 0 Å². The van der Waals surface area contributed by atoms with Gasteiger partial charge in [0.15, 0.2) is 0 Å². The molecule has 0 aliphatic carbocycles. The average molecular weight is 244 g/mol. The van der Waals surface area contributed by atoms with E-state index in [1.807, 2.05) is 13.8 Å². The third-order valence-corrected chi connectivity index (χ3v) is 3.53. The van der Waals surface area contributed by atoms with Gasteiger partial charge in [0, 0.05) is 12.4 Å². The molecule has 86 valence electrons. The fraction of sp³-hybridized carbons (Fsp3) is 1.00. The topological polar surface area (TPSA) is 66.4 Å². The van der Waals surface area contributed by atoms with Crippen molar-refractivity contribution in [3.05, 3.63) is 0 Å². The Bertz CT molecular complexity index is 241. The molecule has 0 aromatic rings. The van der Waals surface area contributed by atoms with Crippen LogP contribution in [0.1, 0.15) is 20.3 Å². The van der Waals surface area contributed by atoms with Gasteiger partial charge in [-0.2, -0.15) is 0 Å². The van der Waals surface area contributed by atoms with Gasteiger partial charge in [-0.25, -0.2) is 13.1 Å². The number of sulfonamides is 1. The third-order valence-electron chi connectivity index (χ3n) is 1.83. The summed E-state index contributed by atoms with van der Waals surface area (Å²) in [5.74, 6) is 0.389. The van der Waals surface area contributed by atoms with Gasteiger partial charge in [-0.1, -0.05) is 13.8 Å². The molecule has 0 spiro atoms. The molecule has 1 atom stereocenters. The molecule has 4 nitrogen and oxygen atoms in total. The molecule has 0 aromatic carbocycles. The zero-order valence-corrected chi connectivity index (χ0v) is 10.1. The molecule has 1 unspecified atom stereocenters. The average Bonchev–Trinajstić information content (AvgIpc) is 2.11. The second-order valence-corrected chi connectivity index (χ2v) is 5.83. The van der Waals surface area contributed by atoms with Crippen molar-refractivity contribution in [3.63, 3.8) is 0 Å². The number of aliphatic hydroxyl groups excluding tert-OH is 1. The van der Waals surface area contributed by atoms with Crippen molar-refractivity contribution in [2.45, 2.75) is 26.4 Å². The number of hydrogen-bond acceptors (Lipinski definition) is 3. The molecular weight excluding hydrogens is 226 g/mol. The summed E-state index contributed by atoms with van der Waals surface area (Å²) in [5, 5.41) is 9.36. The van der Waals surface area contributed by atoms with Gasteiger partial charge in [0.1, 0.15) is 0 Å². The fourth-order valence-corrected chi connectivity index (χ4v) is 2.15. The van der Waals surface area contributed by atoms with Crippen LogP contribution in [0.25, 0.3) is 0 Å². The predicted octanol–water partition coefficient (Wildman–Crippen LogP) is 0.552. The van der Waals surface area contributed by atoms with Gasteiger partial charge < -0.3 is 5.11 Å². The van der Waals surface area contributed by atoms with Gasteiger partial charge >= 0.3 is 0 Å². The Morgan fingerprint density at radius 3 is 2.43 bits per heavy atom. The number of rotatable bonds is 7. The summed E-state index contributed by atoms with van der Waals surface area (Å²) in [5.41, 5.74) is 0. The van der Waals surface area contributed by atoms with Crippen LogP contribution in [0, 0.1) is 5.92 Å². The van der Waals surface area contributed by atoms with Crippen LogP contribution >= 0.6 is 11.6 Å². The molecule has 0 saturated carbocycles. The Morgan fingerprint density at radius 2 is 2.00 bits per heavy atom. The molecule has 2 N–H and O–H groups in total. The first-order chi connectivity index (χ1) is 6.39. The number of aliphatic hydroxyl groups is 1. The largest absolute Gasteiger partial charge is 0.391 e. The van der Waals surface area contributed by atoms with Crippen LogP contribution in [0.5, 0.6) is 0 Å². The van der Waals surface area contributed by atoms with Crippen molar-refractivity contribution in [1.29, 1.82) is 0 Å². The van der Waals surface area contributed by atoms with E-state index < -0.39 is 16.1 Å². The third kappa shape index (κ3) is 6.59. The maximum absolute atomic E-state index is 11.2. The van der Waals surface area contributed by atoms with E-state index in [9.17, 15) is 13.5 Å². The van der Waals surface area contributed by atoms with E-state index in [1.165, 1.54) is 0 Å². The van der Waals surface area contributed by atoms with Crippen molar-refractivity contribution < 1.29 is 13.5 Å². The second kappa shape index (κ2) is 6.61. The predicted molar refractivity (Wildman–Crippen MR) is 58.0 cm³/mol. The van der Waals surface area contributed by atoms with Crippen molar-refractivity contribution >= 4 is 21.6 Å². The van der Waals surface area contributed by atoms with Crippen LogP contribution in [0.4, 0.5) is 0 Å². The first-order valence-corrected chi connectivity index (χ1v) is 6.79. The SMILES string of the molecule is CC(C)C(O)CNS(=O)(=O)CCCCl. The highest BCUT2D eigenvalue weighted by Gasteiger charge is 2.14. The van der Waals surface area contributed by atoms with Gasteiger partial charge in [0.05, 0.1) is 11.9 Å². The van der Waals surface area contributed by atoms with E-state index in [2.05, 4.69) is 4.72 Å². The van der Waals surface area contributed by atoms with Crippen LogP contribution in [0.15, 0.2) is 0 Å². The van der Waals surface area contributed by atoms with E-state index >= 15 is 0 Å². The summed E-state index contributed by atoms with van der Waals surface area (Å²) in [4.78, 5) is 0. The van der Waals surface area contributed by atoms with Crippen LogP contribution in [-0.2, 0) is 10.0 Å². The minimum atomic E-state index is -3.27. The maximum atomic E-state index is 11.2. The quantitative estimate of drug-likeness (QED) is 0.642. The van der Waals surface area contributed by atoms with Crippen molar-refractivity contribution in [1.82, 2.24) is 4.72 Å². The Hall–Kier alpha value is 0.160. The lowest BCUT2D eigenvalue weighted by Gasteiger charge is -2.14. The summed E-state index contributed by atoms with van der Waals surface area (Å²) in [6.07, 6.45) is -0.213. The number of alkyl halides is 1. The summed E-state index contributed by atoms with van der Waals surface area (Å²) >= 11 is 5.38. The summed E-state index contributed by atoms with van der Waals surface area (Å²) in [6.45, 7) is 3.73. The molecule has 6 heteroatoms. The number of halogens is 1. The van der Waals surface area contributed by atoms with Gasteiger partial charge in [0.25, 0.3) is 0 Å². The smallest absolute Gasteiger partial charge is 0.211 e. The van der Waals surface area contributed by atoms with E-state index in [-0.39, 0.29) is 18.2 Å². The van der Waals surface area contributed by atoms with Crippen LogP contribution < -0.4 is 4.72 Å². The Morgan fingerprint density at radius 1 is 1.43 bits per heavy atom. The molecule has 0 bridgehead atoms. The van der Waals surface area contributed by atoms with Gasteiger partial charge in [-0.3, -0.25) is 0 Å². The standard InChI is InChI=1S/C8H18ClNO3S/c1-7(2)8(11)6-10-14(12,13)5-3-4-9/h7-8,10-11H,3-6H2,1-2H3. The van der Waals surface area contributed by atoms with Gasteiger partial charge in [-0.05, 0) is 12.3 Å². The minimum absolute atomic E-state index is 0.0152. The van der Waals surface area contributed by atoms with Gasteiger partial charge in [0.2, 0.25) is 10.0 Å². The zero-order chi connectivity index (χ0) is 11.2. The molecule has 0 rings (SSSR count). The molecular formula is C8H18ClNO3S. The summed E-state index contributed by atoms with van der Waals surface area (Å²) < 4.78 is 24.8. The lowest BCUT2D eigenvalue weighted by atomic mass is 10.1. The number of hydrogen-bond donors (Lipinski definition) is 2. The first-order valence-electron chi connectivity index (χ1n) is 4.60. The highest BCUT2D eigenvalue weighted by atomic mass is 35.5. The molecule has 0 fully saturated rings. The molecule has 0 aliphatic rings. The molecule has 0 aliphatic heterocycles. The lowest BCUT2D eigenvalue weighted by molar-refractivity contribution is 0.129. The highest BCUT2D eigenvalue weighted by Crippen LogP contribution is 2.00. The molecule has 0 saturated heterocycles. The van der Waals surface area contributed by atoms with Crippen molar-refractivity contribution in [2.75, 3.05) is 18.2 Å². The van der Waals surface area contributed by atoms with Gasteiger partial charge in [-0.15, -0.1) is 11.6 Å². The highest BCUT2D eigenvalue weighted by molar-refractivity contribution is 7.89. The monoisotopic (exact) mass is 243 g/mol. The molecule has 0 radical (unpaired) electrons. The zero-order valence-electron chi connectivity index (χ0n) is 8.53. The van der Waals surface area contributed by atoms with Crippen LogP contribution in [-0.4, -0.2) is 37.8 Å². The Labute approximate surface area is 90.7 Å². The van der Waals surface area contributed by atoms with Crippen molar-refractivity contribution in [3.8, 4) is 0 Å². The van der Waals surface area contributed by atoms with E-state index in [0.29, 0.717) is 12.3 Å². The fourth-order valence-electron chi connectivity index (χ4n) is 0.765. The van der Waals surface area contributed by atoms with E-state index in [4.69, 9.17) is 11.6 Å². The Kier molecular flexibility index (Phi) is 6.68. The van der Waals surface area contributed by atoms with Crippen LogP contribution in [0.2, 0.25) is 0 Å². The molecule has 0 aromatic heterocycles. The maximum Gasteiger partial charge on any atom is 0.211 e. The minimum Gasteiger partial charge on any atom is -0.391 e. The number of nitrogens with one attached hydrogen (secondary N) is 1. The van der Waals surface area contributed by atoms with Crippen molar-refractivity contribution in [2.24, 2.45) is 5.92 Å². The molecule has 14 heavy (non-hydrogen) atoms. The summed E-state index contributed by atoms with van der Waals surface area (Å²) in [7, 11) is -3.27. The van der Waals surface area contributed by atoms with Crippen LogP contribution in [0.3, 0.4) is 0 Å². The molecule has 0 amide bonds. The normalized spacial score (nSPS) is 14.6. The first kappa shape index (κ1) is 14.2. The summed E-state index contributed by atoms with van der Waals surface area (Å²) in [6, 6.07) is 0. The second-order valence-electron chi connectivity index (χ2n) is 3.52.